The molecule has 3 aromatic heterocycles. The molecule has 1 amide bonds. The number of carboxylic acid groups (broad SMARTS) is 1. The summed E-state index contributed by atoms with van der Waals surface area (Å²) in [6, 6.07) is 6.58. The maximum Gasteiger partial charge on any atom is 0.407 e. The van der Waals surface area contributed by atoms with Gasteiger partial charge in [0.1, 0.15) is 4.21 Å². The van der Waals surface area contributed by atoms with Crippen LogP contribution in [0, 0.1) is 5.95 Å². The zero-order valence-electron chi connectivity index (χ0n) is 15.8. The molecule has 0 saturated heterocycles. The lowest BCUT2D eigenvalue weighted by Crippen LogP contribution is -2.23. The highest BCUT2D eigenvalue weighted by Crippen LogP contribution is 2.39. The van der Waals surface area contributed by atoms with Gasteiger partial charge >= 0.3 is 6.09 Å². The Morgan fingerprint density at radius 3 is 2.70 bits per heavy atom. The highest BCUT2D eigenvalue weighted by atomic mass is 32.2. The maximum atomic E-state index is 14.3. The minimum atomic E-state index is -4.19. The van der Waals surface area contributed by atoms with Crippen LogP contribution in [-0.2, 0) is 16.3 Å². The van der Waals surface area contributed by atoms with Crippen LogP contribution in [0.15, 0.2) is 58.0 Å². The molecule has 0 aliphatic heterocycles. The van der Waals surface area contributed by atoms with Gasteiger partial charge in [-0.05, 0) is 30.3 Å². The lowest BCUT2D eigenvalue weighted by molar-refractivity contribution is 0.154. The van der Waals surface area contributed by atoms with Gasteiger partial charge in [-0.3, -0.25) is 4.98 Å². The van der Waals surface area contributed by atoms with E-state index >= 15 is 0 Å². The van der Waals surface area contributed by atoms with E-state index in [2.05, 4.69) is 9.97 Å². The molecular weight excluding hydrogens is 393 g/mol. The van der Waals surface area contributed by atoms with Crippen LogP contribution in [0.5, 0.6) is 0 Å². The molecule has 3 heterocycles. The van der Waals surface area contributed by atoms with Crippen molar-refractivity contribution in [2.45, 2.75) is 15.6 Å². The predicted molar refractivity (Wildman–Crippen MR) is 96.7 cm³/mol. The molecule has 3 rings (SSSR count). The zero-order chi connectivity index (χ0) is 21.4. The Balaban J connectivity index is 2.29. The molecule has 1 N–H and O–H groups in total. The Morgan fingerprint density at radius 1 is 1.33 bits per heavy atom. The topological polar surface area (TPSA) is 100 Å². The number of halogens is 1. The Kier molecular flexibility index (Phi) is 4.48. The second-order valence-corrected chi connectivity index (χ2v) is 8.50. The van der Waals surface area contributed by atoms with Crippen molar-refractivity contribution in [1.29, 1.82) is 0 Å². The van der Waals surface area contributed by atoms with Crippen molar-refractivity contribution in [3.8, 4) is 11.1 Å². The molecule has 7 nitrogen and oxygen atoms in total. The largest absolute Gasteiger partial charge is 0.465 e. The van der Waals surface area contributed by atoms with E-state index in [-0.39, 0.29) is 25.1 Å². The van der Waals surface area contributed by atoms with Crippen LogP contribution in [0.4, 0.5) is 9.18 Å². The van der Waals surface area contributed by atoms with Gasteiger partial charge in [0.25, 0.3) is 0 Å². The highest BCUT2D eigenvalue weighted by molar-refractivity contribution is 7.93. The highest BCUT2D eigenvalue weighted by Gasteiger charge is 2.27. The summed E-state index contributed by atoms with van der Waals surface area (Å²) in [7, 11) is -3.18. The first-order valence-corrected chi connectivity index (χ1v) is 9.74. The number of carbonyl (C=O) groups is 1. The summed E-state index contributed by atoms with van der Waals surface area (Å²) in [6.45, 7) is -2.55. The molecule has 0 radical (unpaired) electrons. The summed E-state index contributed by atoms with van der Waals surface area (Å²) in [5.74, 6) is -0.938. The van der Waals surface area contributed by atoms with E-state index in [0.717, 1.165) is 19.3 Å². The number of thiophene rings is 1. The Hall–Kier alpha value is -2.85. The number of hydrogen-bond donors (Lipinski definition) is 1. The average molecular weight is 409 g/mol. The molecule has 140 valence electrons. The lowest BCUT2D eigenvalue weighted by atomic mass is 10.1. The fraction of sp³-hybridized carbons (Fsp3) is 0.118. The average Bonchev–Trinajstić information content (AvgIpc) is 3.15. The van der Waals surface area contributed by atoms with Gasteiger partial charge in [-0.2, -0.15) is 4.39 Å². The Morgan fingerprint density at radius 2 is 2.07 bits per heavy atom. The molecule has 0 bridgehead atoms. The molecule has 0 fully saturated rings. The van der Waals surface area contributed by atoms with E-state index in [0.29, 0.717) is 16.2 Å². The minimum Gasteiger partial charge on any atom is -0.465 e. The number of sulfone groups is 1. The molecule has 0 aliphatic carbocycles. The number of hydrogen-bond acceptors (Lipinski definition) is 6. The first-order chi connectivity index (χ1) is 13.6. The second kappa shape index (κ2) is 7.41. The summed E-state index contributed by atoms with van der Waals surface area (Å²) in [6.07, 6.45) is 2.16. The van der Waals surface area contributed by atoms with Crippen molar-refractivity contribution < 1.29 is 25.5 Å². The Bertz CT molecular complexity index is 1170. The SMILES string of the molecule is [2H]C([2H])(c1cc(-c2cccnc2F)c(S(=O)(=O)c2cccnc2)s1)N(C)C(=O)O. The van der Waals surface area contributed by atoms with Gasteiger partial charge in [0.15, 0.2) is 0 Å². The number of nitrogens with zero attached hydrogens (tertiary/aromatic N) is 3. The van der Waals surface area contributed by atoms with Crippen molar-refractivity contribution in [2.75, 3.05) is 7.05 Å². The van der Waals surface area contributed by atoms with Gasteiger partial charge in [0.05, 0.1) is 14.1 Å². The van der Waals surface area contributed by atoms with Crippen molar-refractivity contribution in [2.24, 2.45) is 0 Å². The van der Waals surface area contributed by atoms with Crippen LogP contribution in [-0.4, -0.2) is 41.5 Å². The third-order valence-electron chi connectivity index (χ3n) is 3.50. The number of rotatable bonds is 5. The van der Waals surface area contributed by atoms with E-state index in [9.17, 15) is 17.6 Å². The molecule has 0 aromatic carbocycles. The minimum absolute atomic E-state index is 0.109. The molecule has 0 spiro atoms. The van der Waals surface area contributed by atoms with Crippen LogP contribution in [0.3, 0.4) is 0 Å². The number of pyridine rings is 2. The van der Waals surface area contributed by atoms with E-state index < -0.39 is 28.4 Å². The van der Waals surface area contributed by atoms with E-state index in [1.54, 1.807) is 0 Å². The van der Waals surface area contributed by atoms with Crippen molar-refractivity contribution in [3.63, 3.8) is 0 Å². The predicted octanol–water partition coefficient (Wildman–Crippen LogP) is 3.29. The summed E-state index contributed by atoms with van der Waals surface area (Å²) in [5.41, 5.74) is -0.256. The first-order valence-electron chi connectivity index (χ1n) is 8.44. The van der Waals surface area contributed by atoms with E-state index in [4.69, 9.17) is 7.85 Å². The quantitative estimate of drug-likeness (QED) is 0.649. The summed E-state index contributed by atoms with van der Waals surface area (Å²) in [5, 5.41) is 9.15. The normalized spacial score (nSPS) is 13.0. The molecule has 0 unspecified atom stereocenters. The fourth-order valence-corrected chi connectivity index (χ4v) is 5.19. The fourth-order valence-electron chi connectivity index (χ4n) is 2.23. The van der Waals surface area contributed by atoms with Gasteiger partial charge in [0.2, 0.25) is 15.8 Å². The maximum absolute atomic E-state index is 14.3. The molecule has 0 saturated carbocycles. The first kappa shape index (κ1) is 16.3. The van der Waals surface area contributed by atoms with Gasteiger partial charge < -0.3 is 10.0 Å². The number of aromatic nitrogens is 2. The Labute approximate surface area is 161 Å². The molecule has 27 heavy (non-hydrogen) atoms. The monoisotopic (exact) mass is 409 g/mol. The van der Waals surface area contributed by atoms with Gasteiger partial charge in [-0.25, -0.2) is 18.2 Å². The molecule has 0 atom stereocenters. The zero-order valence-corrected chi connectivity index (χ0v) is 15.5. The summed E-state index contributed by atoms with van der Waals surface area (Å²) >= 11 is 0.527. The molecule has 3 aromatic rings. The smallest absolute Gasteiger partial charge is 0.407 e. The van der Waals surface area contributed by atoms with Crippen molar-refractivity contribution in [1.82, 2.24) is 14.9 Å². The van der Waals surface area contributed by atoms with Crippen LogP contribution in [0.2, 0.25) is 0 Å². The lowest BCUT2D eigenvalue weighted by Gasteiger charge is -2.10. The summed E-state index contributed by atoms with van der Waals surface area (Å²) < 4.78 is 56.6. The van der Waals surface area contributed by atoms with Crippen molar-refractivity contribution >= 4 is 27.3 Å². The van der Waals surface area contributed by atoms with Crippen LogP contribution in [0.1, 0.15) is 7.62 Å². The van der Waals surface area contributed by atoms with Gasteiger partial charge in [0, 0.05) is 41.6 Å². The standard InChI is InChI=1S/C17H14FN3O4S2/c1-21(17(22)23)10-11-8-14(13-5-3-7-20-15(13)18)16(26-11)27(24,25)12-4-2-6-19-9-12/h2-9H,10H2,1H3,(H,22,23)/i10D2. The van der Waals surface area contributed by atoms with Crippen molar-refractivity contribution in [3.05, 3.63) is 59.7 Å². The third kappa shape index (κ3) is 3.81. The van der Waals surface area contributed by atoms with E-state index in [1.807, 2.05) is 0 Å². The summed E-state index contributed by atoms with van der Waals surface area (Å²) in [4.78, 5) is 18.6. The van der Waals surface area contributed by atoms with E-state index in [1.165, 1.54) is 36.7 Å². The molecule has 10 heteroatoms. The second-order valence-electron chi connectivity index (χ2n) is 5.30. The number of amides is 1. The van der Waals surface area contributed by atoms with Crippen LogP contribution in [0.25, 0.3) is 11.1 Å². The molecule has 0 aliphatic rings. The van der Waals surface area contributed by atoms with Crippen LogP contribution < -0.4 is 0 Å². The van der Waals surface area contributed by atoms with Gasteiger partial charge in [-0.1, -0.05) is 0 Å². The molecular formula is C17H14FN3O4S2. The van der Waals surface area contributed by atoms with Gasteiger partial charge in [-0.15, -0.1) is 11.3 Å². The van der Waals surface area contributed by atoms with Crippen LogP contribution >= 0.6 is 11.3 Å². The third-order valence-corrected chi connectivity index (χ3v) is 6.81.